The lowest BCUT2D eigenvalue weighted by Gasteiger charge is -2.33. The zero-order valence-electron chi connectivity index (χ0n) is 21.2. The summed E-state index contributed by atoms with van der Waals surface area (Å²) in [5.41, 5.74) is 6.69. The SMILES string of the molecule is c1ccc(N(c2ccccc2)c2ccccc2N(c2ccccc2)c2ccccc2)cc1.c1ccccc1. The number of nitrogens with zero attached hydrogens (tertiary/aromatic N) is 2. The van der Waals surface area contributed by atoms with Crippen LogP contribution in [0.1, 0.15) is 0 Å². The molecule has 0 aliphatic heterocycles. The Morgan fingerprint density at radius 3 is 0.632 bits per heavy atom. The predicted molar refractivity (Wildman–Crippen MR) is 162 cm³/mol. The average molecular weight is 491 g/mol. The average Bonchev–Trinajstić information content (AvgIpc) is 3.02. The van der Waals surface area contributed by atoms with Crippen LogP contribution in [0.2, 0.25) is 0 Å². The van der Waals surface area contributed by atoms with Crippen molar-refractivity contribution in [1.29, 1.82) is 0 Å². The molecule has 0 N–H and O–H groups in total. The lowest BCUT2D eigenvalue weighted by atomic mass is 10.1. The van der Waals surface area contributed by atoms with Gasteiger partial charge in [0.15, 0.2) is 0 Å². The van der Waals surface area contributed by atoms with E-state index in [1.54, 1.807) is 0 Å². The minimum absolute atomic E-state index is 1.11. The first-order chi connectivity index (χ1) is 18.9. The summed E-state index contributed by atoms with van der Waals surface area (Å²) in [6.45, 7) is 0. The first-order valence-electron chi connectivity index (χ1n) is 12.8. The van der Waals surface area contributed by atoms with Crippen LogP contribution in [-0.2, 0) is 0 Å². The second-order valence-corrected chi connectivity index (χ2v) is 8.66. The van der Waals surface area contributed by atoms with E-state index < -0.39 is 0 Å². The van der Waals surface area contributed by atoms with Gasteiger partial charge < -0.3 is 9.80 Å². The van der Waals surface area contributed by atoms with Crippen LogP contribution in [0.15, 0.2) is 182 Å². The molecule has 0 unspecified atom stereocenters. The number of rotatable bonds is 6. The van der Waals surface area contributed by atoms with Crippen molar-refractivity contribution in [1.82, 2.24) is 0 Å². The van der Waals surface area contributed by atoms with Gasteiger partial charge in [-0.05, 0) is 60.7 Å². The van der Waals surface area contributed by atoms with Crippen molar-refractivity contribution in [3.8, 4) is 0 Å². The quantitative estimate of drug-likeness (QED) is 0.229. The van der Waals surface area contributed by atoms with E-state index in [4.69, 9.17) is 0 Å². The number of para-hydroxylation sites is 6. The molecular weight excluding hydrogens is 460 g/mol. The first-order valence-corrected chi connectivity index (χ1v) is 12.8. The third-order valence-corrected chi connectivity index (χ3v) is 6.09. The van der Waals surface area contributed by atoms with Crippen LogP contribution < -0.4 is 9.80 Å². The van der Waals surface area contributed by atoms with Crippen molar-refractivity contribution in [2.45, 2.75) is 0 Å². The van der Waals surface area contributed by atoms with Gasteiger partial charge in [0.05, 0.1) is 11.4 Å². The molecule has 6 aromatic rings. The minimum Gasteiger partial charge on any atom is -0.308 e. The summed E-state index contributed by atoms with van der Waals surface area (Å²) in [4.78, 5) is 4.63. The highest BCUT2D eigenvalue weighted by molar-refractivity contribution is 5.91. The van der Waals surface area contributed by atoms with E-state index in [-0.39, 0.29) is 0 Å². The van der Waals surface area contributed by atoms with Crippen LogP contribution in [0.5, 0.6) is 0 Å². The third kappa shape index (κ3) is 6.00. The van der Waals surface area contributed by atoms with Crippen LogP contribution >= 0.6 is 0 Å². The van der Waals surface area contributed by atoms with Crippen molar-refractivity contribution in [3.63, 3.8) is 0 Å². The van der Waals surface area contributed by atoms with Crippen LogP contribution in [0.3, 0.4) is 0 Å². The molecule has 184 valence electrons. The molecule has 0 fully saturated rings. The first kappa shape index (κ1) is 24.6. The topological polar surface area (TPSA) is 6.48 Å². The van der Waals surface area contributed by atoms with Gasteiger partial charge in [-0.3, -0.25) is 0 Å². The van der Waals surface area contributed by atoms with Crippen molar-refractivity contribution in [3.05, 3.63) is 182 Å². The van der Waals surface area contributed by atoms with Gasteiger partial charge in [-0.15, -0.1) is 0 Å². The summed E-state index contributed by atoms with van der Waals surface area (Å²) < 4.78 is 0. The summed E-state index contributed by atoms with van der Waals surface area (Å²) in [6, 6.07) is 62.7. The molecule has 6 aromatic carbocycles. The lowest BCUT2D eigenvalue weighted by Crippen LogP contribution is -2.16. The molecule has 38 heavy (non-hydrogen) atoms. The zero-order valence-corrected chi connectivity index (χ0v) is 21.2. The Hall–Kier alpha value is -5.08. The van der Waals surface area contributed by atoms with E-state index in [1.807, 2.05) is 36.4 Å². The Labute approximate surface area is 225 Å². The molecule has 0 saturated heterocycles. The molecule has 0 aliphatic carbocycles. The van der Waals surface area contributed by atoms with Crippen LogP contribution in [0, 0.1) is 0 Å². The lowest BCUT2D eigenvalue weighted by molar-refractivity contribution is 1.23. The molecule has 0 saturated carbocycles. The van der Waals surface area contributed by atoms with Gasteiger partial charge in [0.25, 0.3) is 0 Å². The van der Waals surface area contributed by atoms with Gasteiger partial charge in [0.2, 0.25) is 0 Å². The van der Waals surface area contributed by atoms with Gasteiger partial charge in [-0.2, -0.15) is 0 Å². The van der Waals surface area contributed by atoms with Gasteiger partial charge >= 0.3 is 0 Å². The standard InChI is InChI=1S/C30H24N2.C6H6/c1-5-15-25(16-6-1)31(26-17-7-2-8-18-26)29-23-13-14-24-30(29)32(27-19-9-3-10-20-27)28-21-11-4-12-22-28;1-2-4-6-5-3-1/h1-24H;1-6H. The van der Waals surface area contributed by atoms with E-state index in [9.17, 15) is 0 Å². The third-order valence-electron chi connectivity index (χ3n) is 6.09. The van der Waals surface area contributed by atoms with Gasteiger partial charge in [0.1, 0.15) is 0 Å². The zero-order chi connectivity index (χ0) is 25.8. The highest BCUT2D eigenvalue weighted by Crippen LogP contribution is 2.45. The molecule has 0 bridgehead atoms. The second-order valence-electron chi connectivity index (χ2n) is 8.66. The van der Waals surface area contributed by atoms with E-state index >= 15 is 0 Å². The fourth-order valence-corrected chi connectivity index (χ4v) is 4.39. The van der Waals surface area contributed by atoms with E-state index in [0.29, 0.717) is 0 Å². The fourth-order valence-electron chi connectivity index (χ4n) is 4.39. The second kappa shape index (κ2) is 12.8. The molecule has 0 aromatic heterocycles. The van der Waals surface area contributed by atoms with Crippen LogP contribution in [0.25, 0.3) is 0 Å². The monoisotopic (exact) mass is 490 g/mol. The normalized spacial score (nSPS) is 10.1. The summed E-state index contributed by atoms with van der Waals surface area (Å²) >= 11 is 0. The van der Waals surface area contributed by atoms with E-state index in [1.165, 1.54) is 0 Å². The molecule has 6 rings (SSSR count). The smallest absolute Gasteiger partial charge is 0.0702 e. The summed E-state index contributed by atoms with van der Waals surface area (Å²) in [5, 5.41) is 0. The van der Waals surface area contributed by atoms with E-state index in [2.05, 4.69) is 155 Å². The molecule has 0 atom stereocenters. The van der Waals surface area contributed by atoms with Crippen molar-refractivity contribution in [2.75, 3.05) is 9.80 Å². The van der Waals surface area contributed by atoms with Crippen molar-refractivity contribution >= 4 is 34.1 Å². The Morgan fingerprint density at radius 1 is 0.211 bits per heavy atom. The van der Waals surface area contributed by atoms with Gasteiger partial charge in [-0.25, -0.2) is 0 Å². The number of hydrogen-bond donors (Lipinski definition) is 0. The molecule has 0 heterocycles. The maximum absolute atomic E-state index is 2.31. The summed E-state index contributed by atoms with van der Waals surface area (Å²) in [7, 11) is 0. The molecule has 2 heteroatoms. The van der Waals surface area contributed by atoms with Gasteiger partial charge in [0, 0.05) is 22.7 Å². The maximum Gasteiger partial charge on any atom is 0.0702 e. The molecule has 0 aliphatic rings. The molecule has 0 radical (unpaired) electrons. The highest BCUT2D eigenvalue weighted by atomic mass is 15.2. The number of hydrogen-bond acceptors (Lipinski definition) is 2. The largest absolute Gasteiger partial charge is 0.308 e. The Kier molecular flexibility index (Phi) is 8.26. The Balaban J connectivity index is 0.000000433. The van der Waals surface area contributed by atoms with Crippen LogP contribution in [-0.4, -0.2) is 0 Å². The summed E-state index contributed by atoms with van der Waals surface area (Å²) in [5.74, 6) is 0. The Morgan fingerprint density at radius 2 is 0.395 bits per heavy atom. The van der Waals surface area contributed by atoms with Crippen molar-refractivity contribution in [2.24, 2.45) is 0 Å². The predicted octanol–water partition coefficient (Wildman–Crippen LogP) is 10.3. The molecule has 0 spiro atoms. The van der Waals surface area contributed by atoms with Crippen molar-refractivity contribution < 1.29 is 0 Å². The molecule has 0 amide bonds. The van der Waals surface area contributed by atoms with E-state index in [0.717, 1.165) is 34.1 Å². The molecule has 2 nitrogen and oxygen atoms in total. The number of benzene rings is 6. The Bertz CT molecular complexity index is 1280. The fraction of sp³-hybridized carbons (Fsp3) is 0. The minimum atomic E-state index is 1.11. The van der Waals surface area contributed by atoms with Gasteiger partial charge in [-0.1, -0.05) is 121 Å². The summed E-state index contributed by atoms with van der Waals surface area (Å²) in [6.07, 6.45) is 0. The number of anilines is 6. The maximum atomic E-state index is 2.31. The van der Waals surface area contributed by atoms with Crippen LogP contribution in [0.4, 0.5) is 34.1 Å². The highest BCUT2D eigenvalue weighted by Gasteiger charge is 2.21. The molecular formula is C36H30N2.